The summed E-state index contributed by atoms with van der Waals surface area (Å²) in [5.74, 6) is 0. The zero-order valence-electron chi connectivity index (χ0n) is 5.81. The van der Waals surface area contributed by atoms with Crippen molar-refractivity contribution in [2.24, 2.45) is 0 Å². The van der Waals surface area contributed by atoms with E-state index in [2.05, 4.69) is 4.98 Å². The lowest BCUT2D eigenvalue weighted by Crippen LogP contribution is -1.97. The quantitative estimate of drug-likeness (QED) is 0.648. The third-order valence-corrected chi connectivity index (χ3v) is 1.68. The highest BCUT2D eigenvalue weighted by atomic mass is 35.5. The van der Waals surface area contributed by atoms with Crippen molar-refractivity contribution >= 4 is 23.2 Å². The molecule has 4 heteroatoms. The van der Waals surface area contributed by atoms with Crippen molar-refractivity contribution in [1.29, 1.82) is 0 Å². The average Bonchev–Trinajstić information content (AvgIpc) is 2.10. The van der Waals surface area contributed by atoms with E-state index in [1.54, 1.807) is 6.20 Å². The highest BCUT2D eigenvalue weighted by molar-refractivity contribution is 6.32. The lowest BCUT2D eigenvalue weighted by atomic mass is 10.4. The molecule has 0 aliphatic heterocycles. The first kappa shape index (κ1) is 7.89. The van der Waals surface area contributed by atoms with Crippen molar-refractivity contribution in [2.45, 2.75) is 19.9 Å². The van der Waals surface area contributed by atoms with Crippen molar-refractivity contribution < 1.29 is 0 Å². The second kappa shape index (κ2) is 2.81. The van der Waals surface area contributed by atoms with E-state index in [9.17, 15) is 0 Å². The minimum absolute atomic E-state index is 0.312. The predicted molar refractivity (Wildman–Crippen MR) is 42.6 cm³/mol. The van der Waals surface area contributed by atoms with Crippen molar-refractivity contribution in [2.75, 3.05) is 0 Å². The first-order valence-corrected chi connectivity index (χ1v) is 3.76. The van der Waals surface area contributed by atoms with Gasteiger partial charge in [-0.3, -0.25) is 0 Å². The maximum atomic E-state index is 5.71. The highest BCUT2D eigenvalue weighted by Crippen LogP contribution is 2.17. The summed E-state index contributed by atoms with van der Waals surface area (Å²) in [6, 6.07) is 0.312. The molecule has 0 aliphatic carbocycles. The molecular formula is C6H8Cl2N2. The summed E-state index contributed by atoms with van der Waals surface area (Å²) in [5.41, 5.74) is 0. The molecule has 2 nitrogen and oxygen atoms in total. The second-order valence-electron chi connectivity index (χ2n) is 2.33. The molecule has 0 amide bonds. The number of hydrogen-bond donors (Lipinski definition) is 0. The molecule has 1 rings (SSSR count). The van der Waals surface area contributed by atoms with Crippen LogP contribution in [0.1, 0.15) is 19.9 Å². The Morgan fingerprint density at radius 2 is 2.10 bits per heavy atom. The predicted octanol–water partition coefficient (Wildman–Crippen LogP) is 2.77. The molecule has 0 N–H and O–H groups in total. The number of nitrogens with zero attached hydrogens (tertiary/aromatic N) is 2. The topological polar surface area (TPSA) is 17.8 Å². The van der Waals surface area contributed by atoms with E-state index in [1.807, 2.05) is 18.4 Å². The summed E-state index contributed by atoms with van der Waals surface area (Å²) < 4.78 is 1.81. The molecule has 0 unspecified atom stereocenters. The highest BCUT2D eigenvalue weighted by Gasteiger charge is 2.05. The van der Waals surface area contributed by atoms with Gasteiger partial charge in [0.25, 0.3) is 0 Å². The van der Waals surface area contributed by atoms with E-state index < -0.39 is 0 Å². The van der Waals surface area contributed by atoms with Gasteiger partial charge in [0.15, 0.2) is 0 Å². The average molecular weight is 179 g/mol. The van der Waals surface area contributed by atoms with Gasteiger partial charge in [-0.1, -0.05) is 11.6 Å². The van der Waals surface area contributed by atoms with Gasteiger partial charge < -0.3 is 4.57 Å². The summed E-state index contributed by atoms with van der Waals surface area (Å²) in [5, 5.41) is 0.888. The monoisotopic (exact) mass is 178 g/mol. The maximum absolute atomic E-state index is 5.71. The minimum atomic E-state index is 0.312. The Morgan fingerprint density at radius 3 is 2.30 bits per heavy atom. The normalized spacial score (nSPS) is 10.9. The Hall–Kier alpha value is -0.210. The Balaban J connectivity index is 3.03. The molecular weight excluding hydrogens is 171 g/mol. The standard InChI is InChI=1S/C6H8Cl2N2/c1-4(2)10-3-5(7)9-6(10)8/h3-4H,1-2H3. The fourth-order valence-corrected chi connectivity index (χ4v) is 1.27. The molecule has 56 valence electrons. The smallest absolute Gasteiger partial charge is 0.204 e. The van der Waals surface area contributed by atoms with Crippen molar-refractivity contribution in [3.05, 3.63) is 16.6 Å². The van der Waals surface area contributed by atoms with Gasteiger partial charge in [0.2, 0.25) is 5.28 Å². The number of rotatable bonds is 1. The molecule has 1 aromatic heterocycles. The van der Waals surface area contributed by atoms with Crippen molar-refractivity contribution in [1.82, 2.24) is 9.55 Å². The van der Waals surface area contributed by atoms with Gasteiger partial charge in [-0.2, -0.15) is 0 Å². The molecule has 0 aliphatic rings. The van der Waals surface area contributed by atoms with E-state index in [0.717, 1.165) is 0 Å². The van der Waals surface area contributed by atoms with Gasteiger partial charge in [0, 0.05) is 12.2 Å². The van der Waals surface area contributed by atoms with Crippen LogP contribution in [-0.2, 0) is 0 Å². The van der Waals surface area contributed by atoms with Crippen LogP contribution in [0, 0.1) is 0 Å². The van der Waals surface area contributed by atoms with Crippen LogP contribution in [0.3, 0.4) is 0 Å². The fourth-order valence-electron chi connectivity index (χ4n) is 0.705. The van der Waals surface area contributed by atoms with E-state index in [1.165, 1.54) is 0 Å². The van der Waals surface area contributed by atoms with Crippen LogP contribution < -0.4 is 0 Å². The SMILES string of the molecule is CC(C)n1cc(Cl)nc1Cl. The molecule has 0 radical (unpaired) electrons. The van der Waals surface area contributed by atoms with E-state index >= 15 is 0 Å². The molecule has 0 saturated carbocycles. The van der Waals surface area contributed by atoms with E-state index in [4.69, 9.17) is 23.2 Å². The Kier molecular flexibility index (Phi) is 2.21. The first-order chi connectivity index (χ1) is 4.61. The van der Waals surface area contributed by atoms with Crippen LogP contribution in [0.15, 0.2) is 6.20 Å². The number of hydrogen-bond acceptors (Lipinski definition) is 1. The van der Waals surface area contributed by atoms with E-state index in [0.29, 0.717) is 16.5 Å². The number of aromatic nitrogens is 2. The number of halogens is 2. The van der Waals surface area contributed by atoms with Crippen LogP contribution in [0.2, 0.25) is 10.4 Å². The fraction of sp³-hybridized carbons (Fsp3) is 0.500. The Labute approximate surface area is 69.8 Å². The molecule has 0 atom stereocenters. The van der Waals surface area contributed by atoms with Gasteiger partial charge in [0.1, 0.15) is 5.15 Å². The van der Waals surface area contributed by atoms with Crippen LogP contribution in [-0.4, -0.2) is 9.55 Å². The lowest BCUT2D eigenvalue weighted by Gasteiger charge is -2.05. The van der Waals surface area contributed by atoms with Crippen molar-refractivity contribution in [3.63, 3.8) is 0 Å². The van der Waals surface area contributed by atoms with E-state index in [-0.39, 0.29) is 0 Å². The summed E-state index contributed by atoms with van der Waals surface area (Å²) in [6.07, 6.45) is 1.72. The largest absolute Gasteiger partial charge is 0.318 e. The number of imidazole rings is 1. The third kappa shape index (κ3) is 1.44. The lowest BCUT2D eigenvalue weighted by molar-refractivity contribution is 0.600. The van der Waals surface area contributed by atoms with Gasteiger partial charge in [-0.05, 0) is 25.4 Å². The molecule has 1 heterocycles. The van der Waals surface area contributed by atoms with Gasteiger partial charge >= 0.3 is 0 Å². The summed E-state index contributed by atoms with van der Waals surface area (Å²) in [4.78, 5) is 3.83. The molecule has 0 spiro atoms. The van der Waals surface area contributed by atoms with Crippen LogP contribution in [0.25, 0.3) is 0 Å². The maximum Gasteiger partial charge on any atom is 0.204 e. The molecule has 0 saturated heterocycles. The van der Waals surface area contributed by atoms with Gasteiger partial charge in [-0.15, -0.1) is 0 Å². The van der Waals surface area contributed by atoms with Crippen LogP contribution >= 0.6 is 23.2 Å². The first-order valence-electron chi connectivity index (χ1n) is 3.01. The molecule has 1 aromatic rings. The van der Waals surface area contributed by atoms with Gasteiger partial charge in [0.05, 0.1) is 0 Å². The summed E-state index contributed by atoms with van der Waals surface area (Å²) >= 11 is 11.3. The third-order valence-electron chi connectivity index (χ3n) is 1.21. The molecule has 0 fully saturated rings. The molecule has 0 aromatic carbocycles. The minimum Gasteiger partial charge on any atom is -0.318 e. The summed E-state index contributed by atoms with van der Waals surface area (Å²) in [6.45, 7) is 4.04. The van der Waals surface area contributed by atoms with Crippen LogP contribution in [0.5, 0.6) is 0 Å². The molecule has 10 heavy (non-hydrogen) atoms. The Morgan fingerprint density at radius 1 is 1.50 bits per heavy atom. The van der Waals surface area contributed by atoms with Gasteiger partial charge in [-0.25, -0.2) is 4.98 Å². The van der Waals surface area contributed by atoms with Crippen molar-refractivity contribution in [3.8, 4) is 0 Å². The Bertz CT molecular complexity index is 230. The molecule has 0 bridgehead atoms. The zero-order valence-corrected chi connectivity index (χ0v) is 7.32. The zero-order chi connectivity index (χ0) is 7.72. The van der Waals surface area contributed by atoms with Crippen LogP contribution in [0.4, 0.5) is 0 Å². The summed E-state index contributed by atoms with van der Waals surface area (Å²) in [7, 11) is 0. The second-order valence-corrected chi connectivity index (χ2v) is 3.06.